The second-order valence-corrected chi connectivity index (χ2v) is 4.93. The summed E-state index contributed by atoms with van der Waals surface area (Å²) >= 11 is 5.91. The van der Waals surface area contributed by atoms with Crippen LogP contribution in [0.25, 0.3) is 0 Å². The molecule has 18 heavy (non-hydrogen) atoms. The average molecular weight is 273 g/mol. The van der Waals surface area contributed by atoms with E-state index in [4.69, 9.17) is 17.3 Å². The Morgan fingerprint density at radius 2 is 1.83 bits per heavy atom. The molecule has 0 bridgehead atoms. The van der Waals surface area contributed by atoms with Crippen molar-refractivity contribution in [2.45, 2.75) is 32.7 Å². The van der Waals surface area contributed by atoms with Crippen LogP contribution in [-0.2, 0) is 0 Å². The van der Waals surface area contributed by atoms with E-state index in [1.807, 2.05) is 0 Å². The van der Waals surface area contributed by atoms with Gasteiger partial charge >= 0.3 is 0 Å². The van der Waals surface area contributed by atoms with E-state index in [0.717, 1.165) is 31.5 Å². The molecule has 2 nitrogen and oxygen atoms in total. The fourth-order valence-electron chi connectivity index (χ4n) is 2.26. The predicted octanol–water partition coefficient (Wildman–Crippen LogP) is 3.60. The van der Waals surface area contributed by atoms with Gasteiger partial charge in [0.25, 0.3) is 0 Å². The van der Waals surface area contributed by atoms with Crippen molar-refractivity contribution in [3.8, 4) is 0 Å². The second kappa shape index (κ2) is 7.72. The van der Waals surface area contributed by atoms with Crippen LogP contribution in [0.5, 0.6) is 0 Å². The van der Waals surface area contributed by atoms with Crippen LogP contribution < -0.4 is 5.73 Å². The third kappa shape index (κ3) is 4.23. The van der Waals surface area contributed by atoms with Crippen LogP contribution in [0.2, 0.25) is 5.02 Å². The molecule has 1 aromatic carbocycles. The van der Waals surface area contributed by atoms with Gasteiger partial charge in [0.1, 0.15) is 5.82 Å². The normalized spacial score (nSPS) is 13.0. The summed E-state index contributed by atoms with van der Waals surface area (Å²) in [5.74, 6) is -0.302. The minimum Gasteiger partial charge on any atom is -0.329 e. The van der Waals surface area contributed by atoms with Gasteiger partial charge < -0.3 is 5.73 Å². The van der Waals surface area contributed by atoms with Crippen molar-refractivity contribution in [1.82, 2.24) is 4.90 Å². The fraction of sp³-hybridized carbons (Fsp3) is 0.571. The number of benzene rings is 1. The van der Waals surface area contributed by atoms with Crippen molar-refractivity contribution in [3.05, 3.63) is 34.6 Å². The first-order chi connectivity index (χ1) is 8.62. The zero-order chi connectivity index (χ0) is 13.5. The first-order valence-electron chi connectivity index (χ1n) is 6.52. The Hall–Kier alpha value is -0.640. The Bertz CT molecular complexity index is 345. The molecule has 0 aliphatic rings. The molecule has 0 aliphatic heterocycles. The van der Waals surface area contributed by atoms with Crippen LogP contribution in [-0.4, -0.2) is 24.5 Å². The van der Waals surface area contributed by atoms with Gasteiger partial charge in [0.05, 0.1) is 0 Å². The van der Waals surface area contributed by atoms with Crippen molar-refractivity contribution in [1.29, 1.82) is 0 Å². The highest BCUT2D eigenvalue weighted by molar-refractivity contribution is 6.30. The number of nitrogens with two attached hydrogens (primary N) is 1. The first-order valence-corrected chi connectivity index (χ1v) is 6.90. The number of rotatable bonds is 7. The first kappa shape index (κ1) is 15.4. The van der Waals surface area contributed by atoms with E-state index in [9.17, 15) is 4.39 Å². The summed E-state index contributed by atoms with van der Waals surface area (Å²) in [6.07, 6.45) is 2.11. The SMILES string of the molecule is CCCN(CCC)C(CN)c1cc(F)cc(Cl)c1. The molecule has 1 aromatic rings. The standard InChI is InChI=1S/C14H22ClFN2/c1-3-5-18(6-4-2)14(10-17)11-7-12(15)9-13(16)8-11/h7-9,14H,3-6,10,17H2,1-2H3. The molecule has 0 aromatic heterocycles. The molecule has 0 heterocycles. The van der Waals surface area contributed by atoms with E-state index < -0.39 is 0 Å². The Labute approximate surface area is 114 Å². The van der Waals surface area contributed by atoms with Gasteiger partial charge in [0, 0.05) is 17.6 Å². The van der Waals surface area contributed by atoms with Crippen molar-refractivity contribution >= 4 is 11.6 Å². The van der Waals surface area contributed by atoms with Gasteiger partial charge in [-0.05, 0) is 49.7 Å². The van der Waals surface area contributed by atoms with E-state index in [2.05, 4.69) is 18.7 Å². The molecule has 0 amide bonds. The number of hydrogen-bond acceptors (Lipinski definition) is 2. The number of nitrogens with zero attached hydrogens (tertiary/aromatic N) is 1. The second-order valence-electron chi connectivity index (χ2n) is 4.49. The lowest BCUT2D eigenvalue weighted by Crippen LogP contribution is -2.35. The van der Waals surface area contributed by atoms with Crippen molar-refractivity contribution in [2.75, 3.05) is 19.6 Å². The molecule has 1 atom stereocenters. The Morgan fingerprint density at radius 3 is 2.28 bits per heavy atom. The summed E-state index contributed by atoms with van der Waals surface area (Å²) in [4.78, 5) is 2.30. The van der Waals surface area contributed by atoms with Gasteiger partial charge in [-0.2, -0.15) is 0 Å². The van der Waals surface area contributed by atoms with Crippen LogP contribution in [0.1, 0.15) is 38.3 Å². The minimum atomic E-state index is -0.302. The Morgan fingerprint density at radius 1 is 1.22 bits per heavy atom. The minimum absolute atomic E-state index is 0.0399. The molecule has 4 heteroatoms. The lowest BCUT2D eigenvalue weighted by Gasteiger charge is -2.30. The lowest BCUT2D eigenvalue weighted by molar-refractivity contribution is 0.202. The largest absolute Gasteiger partial charge is 0.329 e. The maximum atomic E-state index is 13.4. The third-order valence-corrected chi connectivity index (χ3v) is 3.17. The van der Waals surface area contributed by atoms with Gasteiger partial charge in [-0.3, -0.25) is 4.90 Å². The Balaban J connectivity index is 2.97. The molecular weight excluding hydrogens is 251 g/mol. The molecule has 2 N–H and O–H groups in total. The monoisotopic (exact) mass is 272 g/mol. The summed E-state index contributed by atoms with van der Waals surface area (Å²) in [5, 5.41) is 0.427. The predicted molar refractivity (Wildman–Crippen MR) is 75.4 cm³/mol. The third-order valence-electron chi connectivity index (χ3n) is 2.96. The highest BCUT2D eigenvalue weighted by Gasteiger charge is 2.18. The molecule has 0 saturated carbocycles. The van der Waals surface area contributed by atoms with E-state index in [1.165, 1.54) is 12.1 Å². The van der Waals surface area contributed by atoms with Crippen LogP contribution in [0.15, 0.2) is 18.2 Å². The maximum Gasteiger partial charge on any atom is 0.125 e. The fourth-order valence-corrected chi connectivity index (χ4v) is 2.49. The molecule has 102 valence electrons. The van der Waals surface area contributed by atoms with Crippen molar-refractivity contribution in [3.63, 3.8) is 0 Å². The van der Waals surface area contributed by atoms with E-state index >= 15 is 0 Å². The van der Waals surface area contributed by atoms with Gasteiger partial charge in [-0.15, -0.1) is 0 Å². The summed E-state index contributed by atoms with van der Waals surface area (Å²) in [6, 6.07) is 4.70. The molecule has 1 unspecified atom stereocenters. The summed E-state index contributed by atoms with van der Waals surface area (Å²) < 4.78 is 13.4. The molecular formula is C14H22ClFN2. The lowest BCUT2D eigenvalue weighted by atomic mass is 10.0. The summed E-state index contributed by atoms with van der Waals surface area (Å²) in [5.41, 5.74) is 6.72. The van der Waals surface area contributed by atoms with Crippen LogP contribution in [0, 0.1) is 5.82 Å². The number of halogens is 2. The van der Waals surface area contributed by atoms with Crippen LogP contribution in [0.4, 0.5) is 4.39 Å². The van der Waals surface area contributed by atoms with Gasteiger partial charge in [-0.25, -0.2) is 4.39 Å². The Kier molecular flexibility index (Phi) is 6.61. The highest BCUT2D eigenvalue weighted by atomic mass is 35.5. The molecule has 0 saturated heterocycles. The maximum absolute atomic E-state index is 13.4. The van der Waals surface area contributed by atoms with E-state index in [1.54, 1.807) is 6.07 Å². The van der Waals surface area contributed by atoms with Gasteiger partial charge in [0.15, 0.2) is 0 Å². The van der Waals surface area contributed by atoms with Crippen molar-refractivity contribution < 1.29 is 4.39 Å². The quantitative estimate of drug-likeness (QED) is 0.822. The zero-order valence-corrected chi connectivity index (χ0v) is 11.9. The van der Waals surface area contributed by atoms with Crippen molar-refractivity contribution in [2.24, 2.45) is 5.73 Å². The molecule has 0 spiro atoms. The number of hydrogen-bond donors (Lipinski definition) is 1. The smallest absolute Gasteiger partial charge is 0.125 e. The van der Waals surface area contributed by atoms with Crippen LogP contribution >= 0.6 is 11.6 Å². The van der Waals surface area contributed by atoms with Crippen LogP contribution in [0.3, 0.4) is 0 Å². The van der Waals surface area contributed by atoms with Gasteiger partial charge in [-0.1, -0.05) is 25.4 Å². The zero-order valence-electron chi connectivity index (χ0n) is 11.1. The molecule has 0 aliphatic carbocycles. The average Bonchev–Trinajstić information content (AvgIpc) is 2.29. The molecule has 1 rings (SSSR count). The van der Waals surface area contributed by atoms with Gasteiger partial charge in [0.2, 0.25) is 0 Å². The molecule has 0 fully saturated rings. The highest BCUT2D eigenvalue weighted by Crippen LogP contribution is 2.24. The topological polar surface area (TPSA) is 29.3 Å². The summed E-state index contributed by atoms with van der Waals surface area (Å²) in [7, 11) is 0. The van der Waals surface area contributed by atoms with E-state index in [-0.39, 0.29) is 11.9 Å². The van der Waals surface area contributed by atoms with E-state index in [0.29, 0.717) is 11.6 Å². The molecule has 0 radical (unpaired) electrons. The summed E-state index contributed by atoms with van der Waals surface area (Å²) in [6.45, 7) is 6.66.